The Balaban J connectivity index is 2.26. The van der Waals surface area contributed by atoms with Crippen LogP contribution in [0.2, 0.25) is 0 Å². The van der Waals surface area contributed by atoms with Crippen LogP contribution in [0.5, 0.6) is 0 Å². The van der Waals surface area contributed by atoms with Crippen molar-refractivity contribution in [2.75, 3.05) is 0 Å². The van der Waals surface area contributed by atoms with Gasteiger partial charge >= 0.3 is 11.9 Å². The van der Waals surface area contributed by atoms with Crippen molar-refractivity contribution in [3.05, 3.63) is 36.0 Å². The normalized spacial score (nSPS) is 13.7. The Bertz CT molecular complexity index is 1000. The first-order chi connectivity index (χ1) is 14.6. The van der Waals surface area contributed by atoms with E-state index >= 15 is 0 Å². The van der Waals surface area contributed by atoms with Crippen molar-refractivity contribution < 1.29 is 34.2 Å². The second-order valence-electron chi connectivity index (χ2n) is 6.90. The number of para-hydroxylation sites is 1. The number of primary amides is 1. The number of hydrogen-bond donors (Lipinski definition) is 7. The molecule has 0 aliphatic rings. The number of rotatable bonds is 11. The molecule has 0 aliphatic carbocycles. The lowest BCUT2D eigenvalue weighted by Gasteiger charge is -2.22. The van der Waals surface area contributed by atoms with E-state index in [1.165, 1.54) is 0 Å². The molecule has 9 N–H and O–H groups in total. The van der Waals surface area contributed by atoms with Crippen molar-refractivity contribution in [3.8, 4) is 0 Å². The minimum Gasteiger partial charge on any atom is -0.481 e. The van der Waals surface area contributed by atoms with Gasteiger partial charge in [0.15, 0.2) is 0 Å². The van der Waals surface area contributed by atoms with Crippen LogP contribution in [0.15, 0.2) is 30.5 Å². The van der Waals surface area contributed by atoms with Crippen LogP contribution in [0, 0.1) is 0 Å². The third kappa shape index (κ3) is 6.54. The molecular formula is C19H23N5O7. The van der Waals surface area contributed by atoms with Crippen molar-refractivity contribution in [1.82, 2.24) is 15.6 Å². The summed E-state index contributed by atoms with van der Waals surface area (Å²) in [6.45, 7) is 0. The maximum absolute atomic E-state index is 12.8. The number of aromatic amines is 1. The first-order valence-electron chi connectivity index (χ1n) is 9.22. The fourth-order valence-corrected chi connectivity index (χ4v) is 2.96. The lowest BCUT2D eigenvalue weighted by molar-refractivity contribution is -0.144. The molecule has 1 heterocycles. The first-order valence-corrected chi connectivity index (χ1v) is 9.22. The quantitative estimate of drug-likeness (QED) is 0.219. The van der Waals surface area contributed by atoms with Crippen LogP contribution in [0.1, 0.15) is 18.4 Å². The Morgan fingerprint density at radius 1 is 0.968 bits per heavy atom. The highest BCUT2D eigenvalue weighted by Crippen LogP contribution is 2.19. The summed E-state index contributed by atoms with van der Waals surface area (Å²) in [6.07, 6.45) is 0.274. The van der Waals surface area contributed by atoms with Crippen molar-refractivity contribution >= 4 is 40.6 Å². The molecule has 3 atom stereocenters. The van der Waals surface area contributed by atoms with E-state index in [1.807, 2.05) is 6.07 Å². The van der Waals surface area contributed by atoms with Crippen LogP contribution in [-0.4, -0.2) is 63.0 Å². The molecule has 166 valence electrons. The van der Waals surface area contributed by atoms with Crippen molar-refractivity contribution in [3.63, 3.8) is 0 Å². The number of carboxylic acids is 2. The number of nitrogens with one attached hydrogen (secondary N) is 3. The van der Waals surface area contributed by atoms with Gasteiger partial charge in [0.05, 0.1) is 18.9 Å². The molecule has 0 saturated carbocycles. The Kier molecular flexibility index (Phi) is 7.69. The molecule has 12 heteroatoms. The van der Waals surface area contributed by atoms with Gasteiger partial charge in [-0.15, -0.1) is 0 Å². The zero-order valence-electron chi connectivity index (χ0n) is 16.3. The summed E-state index contributed by atoms with van der Waals surface area (Å²) in [4.78, 5) is 61.3. The Hall–Kier alpha value is -3.93. The number of aliphatic carboxylic acids is 2. The van der Waals surface area contributed by atoms with Crippen LogP contribution in [0.4, 0.5) is 0 Å². The number of aromatic nitrogens is 1. The predicted molar refractivity (Wildman–Crippen MR) is 108 cm³/mol. The van der Waals surface area contributed by atoms with Gasteiger partial charge in [0.1, 0.15) is 12.1 Å². The fraction of sp³-hybridized carbons (Fsp3) is 0.316. The average Bonchev–Trinajstić information content (AvgIpc) is 3.08. The largest absolute Gasteiger partial charge is 0.481 e. The molecule has 31 heavy (non-hydrogen) atoms. The smallest absolute Gasteiger partial charge is 0.326 e. The molecule has 0 radical (unpaired) electrons. The molecule has 3 amide bonds. The summed E-state index contributed by atoms with van der Waals surface area (Å²) in [6, 6.07) is 2.88. The molecule has 0 saturated heterocycles. The molecule has 1 aromatic carbocycles. The summed E-state index contributed by atoms with van der Waals surface area (Å²) in [5.41, 5.74) is 12.0. The summed E-state index contributed by atoms with van der Waals surface area (Å²) < 4.78 is 0. The van der Waals surface area contributed by atoms with Gasteiger partial charge in [0.2, 0.25) is 17.7 Å². The Morgan fingerprint density at radius 2 is 1.61 bits per heavy atom. The van der Waals surface area contributed by atoms with E-state index in [2.05, 4.69) is 15.6 Å². The zero-order valence-corrected chi connectivity index (χ0v) is 16.3. The van der Waals surface area contributed by atoms with Gasteiger partial charge in [-0.05, 0) is 11.6 Å². The fourth-order valence-electron chi connectivity index (χ4n) is 2.96. The van der Waals surface area contributed by atoms with E-state index < -0.39 is 60.6 Å². The van der Waals surface area contributed by atoms with Crippen molar-refractivity contribution in [2.24, 2.45) is 11.5 Å². The second-order valence-corrected chi connectivity index (χ2v) is 6.90. The summed E-state index contributed by atoms with van der Waals surface area (Å²) in [5, 5.41) is 23.3. The van der Waals surface area contributed by atoms with E-state index in [0.717, 1.165) is 10.9 Å². The molecule has 0 aliphatic heterocycles. The van der Waals surface area contributed by atoms with Crippen molar-refractivity contribution in [1.29, 1.82) is 0 Å². The number of amides is 3. The summed E-state index contributed by atoms with van der Waals surface area (Å²) >= 11 is 0. The van der Waals surface area contributed by atoms with Crippen LogP contribution in [-0.2, 0) is 30.4 Å². The monoisotopic (exact) mass is 433 g/mol. The molecular weight excluding hydrogens is 410 g/mol. The van der Waals surface area contributed by atoms with Gasteiger partial charge < -0.3 is 37.3 Å². The highest BCUT2D eigenvalue weighted by Gasteiger charge is 2.30. The lowest BCUT2D eigenvalue weighted by Crippen LogP contribution is -2.55. The molecule has 0 fully saturated rings. The van der Waals surface area contributed by atoms with Crippen LogP contribution in [0.25, 0.3) is 10.9 Å². The van der Waals surface area contributed by atoms with Gasteiger partial charge in [-0.25, -0.2) is 4.79 Å². The summed E-state index contributed by atoms with van der Waals surface area (Å²) in [5.74, 6) is -5.51. The number of fused-ring (bicyclic) bond motifs is 1. The summed E-state index contributed by atoms with van der Waals surface area (Å²) in [7, 11) is 0. The number of carboxylic acid groups (broad SMARTS) is 2. The number of nitrogens with two attached hydrogens (primary N) is 2. The number of H-pyrrole nitrogens is 1. The SMILES string of the molecule is NC(=O)C[C@H](NC(=O)[C@H](Cc1c[nH]c2ccccc12)NC(=O)[C@@H](N)CC(=O)O)C(=O)O. The van der Waals surface area contributed by atoms with Crippen LogP contribution >= 0.6 is 0 Å². The maximum atomic E-state index is 12.8. The van der Waals surface area contributed by atoms with E-state index in [4.69, 9.17) is 16.6 Å². The molecule has 12 nitrogen and oxygen atoms in total. The van der Waals surface area contributed by atoms with E-state index in [1.54, 1.807) is 24.4 Å². The number of carbonyl (C=O) groups excluding carboxylic acids is 3. The van der Waals surface area contributed by atoms with E-state index in [0.29, 0.717) is 5.56 Å². The molecule has 0 spiro atoms. The number of carbonyl (C=O) groups is 5. The Morgan fingerprint density at radius 3 is 2.23 bits per heavy atom. The average molecular weight is 433 g/mol. The predicted octanol–water partition coefficient (Wildman–Crippen LogP) is -1.56. The standard InChI is InChI=1S/C19H23N5O7/c20-11(6-16(26)27)17(28)23-13(18(29)24-14(19(30)31)7-15(21)25)5-9-8-22-12-4-2-1-3-10(9)12/h1-4,8,11,13-14,22H,5-7,20H2,(H2,21,25)(H,23,28)(H,24,29)(H,26,27)(H,30,31)/t11-,13-,14-/m0/s1. The third-order valence-corrected chi connectivity index (χ3v) is 4.48. The van der Waals surface area contributed by atoms with Crippen LogP contribution < -0.4 is 22.1 Å². The molecule has 2 aromatic rings. The molecule has 2 rings (SSSR count). The minimum absolute atomic E-state index is 0.0513. The number of benzene rings is 1. The molecule has 1 aromatic heterocycles. The van der Waals surface area contributed by atoms with Gasteiger partial charge in [-0.2, -0.15) is 0 Å². The van der Waals surface area contributed by atoms with Crippen LogP contribution in [0.3, 0.4) is 0 Å². The third-order valence-electron chi connectivity index (χ3n) is 4.48. The van der Waals surface area contributed by atoms with E-state index in [-0.39, 0.29) is 6.42 Å². The van der Waals surface area contributed by atoms with E-state index in [9.17, 15) is 29.1 Å². The first kappa shape index (κ1) is 23.3. The highest BCUT2D eigenvalue weighted by molar-refractivity contribution is 5.94. The highest BCUT2D eigenvalue weighted by atomic mass is 16.4. The van der Waals surface area contributed by atoms with Gasteiger partial charge in [0.25, 0.3) is 0 Å². The molecule has 0 bridgehead atoms. The maximum Gasteiger partial charge on any atom is 0.326 e. The van der Waals surface area contributed by atoms with Gasteiger partial charge in [0, 0.05) is 23.5 Å². The van der Waals surface area contributed by atoms with Crippen molar-refractivity contribution in [2.45, 2.75) is 37.4 Å². The van der Waals surface area contributed by atoms with Gasteiger partial charge in [-0.1, -0.05) is 18.2 Å². The lowest BCUT2D eigenvalue weighted by atomic mass is 10.0. The zero-order chi connectivity index (χ0) is 23.1. The topological polar surface area (TPSA) is 218 Å². The second kappa shape index (κ2) is 10.2. The molecule has 0 unspecified atom stereocenters. The Labute approximate surface area is 176 Å². The minimum atomic E-state index is -1.60. The number of hydrogen-bond acceptors (Lipinski definition) is 6. The van der Waals surface area contributed by atoms with Gasteiger partial charge in [-0.3, -0.25) is 19.2 Å².